The molecule has 2 N–H and O–H groups in total. The van der Waals surface area contributed by atoms with Crippen molar-refractivity contribution in [3.8, 4) is 0 Å². The van der Waals surface area contributed by atoms with Crippen molar-refractivity contribution < 1.29 is 4.39 Å². The summed E-state index contributed by atoms with van der Waals surface area (Å²) in [6.07, 6.45) is 1.13. The molecule has 0 aliphatic rings. The Morgan fingerprint density at radius 3 is 2.35 bits per heavy atom. The zero-order chi connectivity index (χ0) is 16.4. The lowest BCUT2D eigenvalue weighted by molar-refractivity contribution is 0.331. The van der Waals surface area contributed by atoms with Gasteiger partial charge in [0.1, 0.15) is 5.82 Å². The molecule has 132 valence electrons. The molecular weight excluding hydrogens is 406 g/mol. The first-order valence-corrected chi connectivity index (χ1v) is 7.88. The molecule has 0 saturated carbocycles. The van der Waals surface area contributed by atoms with Gasteiger partial charge in [0.2, 0.25) is 0 Å². The van der Waals surface area contributed by atoms with Crippen molar-refractivity contribution in [3.05, 3.63) is 35.6 Å². The van der Waals surface area contributed by atoms with Crippen molar-refractivity contribution >= 4 is 29.9 Å². The monoisotopic (exact) mass is 436 g/mol. The van der Waals surface area contributed by atoms with Gasteiger partial charge in [-0.15, -0.1) is 24.0 Å². The Kier molecular flexibility index (Phi) is 12.0. The molecular formula is C17H30FIN4. The highest BCUT2D eigenvalue weighted by Crippen LogP contribution is 2.05. The van der Waals surface area contributed by atoms with E-state index < -0.39 is 0 Å². The first-order valence-electron chi connectivity index (χ1n) is 7.88. The predicted molar refractivity (Wildman–Crippen MR) is 107 cm³/mol. The van der Waals surface area contributed by atoms with Crippen LogP contribution < -0.4 is 10.6 Å². The van der Waals surface area contributed by atoms with E-state index in [4.69, 9.17) is 0 Å². The average Bonchev–Trinajstić information content (AvgIpc) is 2.47. The minimum Gasteiger partial charge on any atom is -0.356 e. The van der Waals surface area contributed by atoms with E-state index in [1.807, 2.05) is 12.1 Å². The smallest absolute Gasteiger partial charge is 0.191 e. The van der Waals surface area contributed by atoms with Gasteiger partial charge in [-0.3, -0.25) is 4.99 Å². The quantitative estimate of drug-likeness (QED) is 0.374. The molecule has 0 atom stereocenters. The Labute approximate surface area is 157 Å². The second-order valence-corrected chi connectivity index (χ2v) is 5.97. The van der Waals surface area contributed by atoms with Gasteiger partial charge in [0.15, 0.2) is 5.96 Å². The Hall–Kier alpha value is -0.890. The van der Waals surface area contributed by atoms with Crippen LogP contribution in [0.15, 0.2) is 29.3 Å². The van der Waals surface area contributed by atoms with E-state index in [0.717, 1.165) is 44.1 Å². The van der Waals surface area contributed by atoms with E-state index in [0.29, 0.717) is 5.92 Å². The van der Waals surface area contributed by atoms with Crippen LogP contribution in [-0.4, -0.2) is 44.6 Å². The fraction of sp³-hybridized carbons (Fsp3) is 0.588. The lowest BCUT2D eigenvalue weighted by Gasteiger charge is -2.18. The first-order chi connectivity index (χ1) is 10.5. The van der Waals surface area contributed by atoms with E-state index in [2.05, 4.69) is 41.4 Å². The zero-order valence-corrected chi connectivity index (χ0v) is 16.9. The molecule has 1 rings (SSSR count). The van der Waals surface area contributed by atoms with Gasteiger partial charge >= 0.3 is 0 Å². The second kappa shape index (κ2) is 12.5. The van der Waals surface area contributed by atoms with Crippen LogP contribution in [0.4, 0.5) is 4.39 Å². The van der Waals surface area contributed by atoms with Crippen LogP contribution in [0.1, 0.15) is 25.8 Å². The number of hydrogen-bond acceptors (Lipinski definition) is 2. The number of nitrogens with one attached hydrogen (secondary N) is 2. The van der Waals surface area contributed by atoms with Crippen LogP contribution in [-0.2, 0) is 6.54 Å². The van der Waals surface area contributed by atoms with Gasteiger partial charge in [0.05, 0.1) is 0 Å². The summed E-state index contributed by atoms with van der Waals surface area (Å²) in [5, 5.41) is 6.62. The third-order valence-corrected chi connectivity index (χ3v) is 3.39. The summed E-state index contributed by atoms with van der Waals surface area (Å²) in [6.45, 7) is 7.87. The van der Waals surface area contributed by atoms with Gasteiger partial charge in [0.25, 0.3) is 0 Å². The highest BCUT2D eigenvalue weighted by molar-refractivity contribution is 14.0. The normalized spacial score (nSPS) is 11.5. The molecule has 0 radical (unpaired) electrons. The number of likely N-dealkylation sites (N-methyl/N-ethyl adjacent to an activating group) is 1. The van der Waals surface area contributed by atoms with Crippen LogP contribution in [0, 0.1) is 11.7 Å². The van der Waals surface area contributed by atoms with E-state index in [9.17, 15) is 4.39 Å². The third-order valence-electron chi connectivity index (χ3n) is 3.39. The first kappa shape index (κ1) is 22.1. The van der Waals surface area contributed by atoms with Gasteiger partial charge in [-0.1, -0.05) is 26.0 Å². The number of rotatable bonds is 8. The van der Waals surface area contributed by atoms with E-state index in [1.165, 1.54) is 12.1 Å². The van der Waals surface area contributed by atoms with Crippen LogP contribution in [0.2, 0.25) is 0 Å². The zero-order valence-electron chi connectivity index (χ0n) is 14.6. The summed E-state index contributed by atoms with van der Waals surface area (Å²) in [7, 11) is 3.84. The number of hydrogen-bond donors (Lipinski definition) is 2. The van der Waals surface area contributed by atoms with E-state index in [-0.39, 0.29) is 29.8 Å². The number of aliphatic imine (C=N–C) groups is 1. The Morgan fingerprint density at radius 1 is 1.17 bits per heavy atom. The summed E-state index contributed by atoms with van der Waals surface area (Å²) in [5.41, 5.74) is 1.11. The minimum atomic E-state index is -0.190. The molecule has 0 fully saturated rings. The van der Waals surface area contributed by atoms with Crippen molar-refractivity contribution in [2.24, 2.45) is 10.9 Å². The van der Waals surface area contributed by atoms with Crippen molar-refractivity contribution in [3.63, 3.8) is 0 Å². The Balaban J connectivity index is 0.00000484. The molecule has 6 heteroatoms. The standard InChI is InChI=1S/C17H29FN4.HI/c1-14(2)9-10-20-17(19-3)21-11-12-22(4)13-15-5-7-16(18)8-6-15;/h5-8,14H,9-13H2,1-4H3,(H2,19,20,21);1H. The summed E-state index contributed by atoms with van der Waals surface area (Å²) < 4.78 is 12.9. The van der Waals surface area contributed by atoms with Gasteiger partial charge in [0, 0.05) is 33.2 Å². The lowest BCUT2D eigenvalue weighted by atomic mass is 10.1. The molecule has 4 nitrogen and oxygen atoms in total. The van der Waals surface area contributed by atoms with Gasteiger partial charge in [-0.05, 0) is 37.1 Å². The molecule has 0 saturated heterocycles. The molecule has 0 aliphatic heterocycles. The van der Waals surface area contributed by atoms with Gasteiger partial charge in [-0.2, -0.15) is 0 Å². The molecule has 23 heavy (non-hydrogen) atoms. The molecule has 0 unspecified atom stereocenters. The van der Waals surface area contributed by atoms with E-state index in [1.54, 1.807) is 7.05 Å². The van der Waals surface area contributed by atoms with Crippen molar-refractivity contribution in [2.75, 3.05) is 33.7 Å². The van der Waals surface area contributed by atoms with Crippen LogP contribution in [0.25, 0.3) is 0 Å². The average molecular weight is 436 g/mol. The minimum absolute atomic E-state index is 0. The van der Waals surface area contributed by atoms with Crippen LogP contribution in [0.5, 0.6) is 0 Å². The highest BCUT2D eigenvalue weighted by Gasteiger charge is 2.02. The van der Waals surface area contributed by atoms with Gasteiger partial charge in [-0.25, -0.2) is 4.39 Å². The van der Waals surface area contributed by atoms with Crippen molar-refractivity contribution in [2.45, 2.75) is 26.8 Å². The van der Waals surface area contributed by atoms with E-state index >= 15 is 0 Å². The number of nitrogens with zero attached hydrogens (tertiary/aromatic N) is 2. The molecule has 1 aromatic rings. The maximum absolute atomic E-state index is 12.9. The molecule has 0 aliphatic carbocycles. The summed E-state index contributed by atoms with van der Waals surface area (Å²) in [6, 6.07) is 6.65. The predicted octanol–water partition coefficient (Wildman–Crippen LogP) is 3.09. The Morgan fingerprint density at radius 2 is 1.78 bits per heavy atom. The lowest BCUT2D eigenvalue weighted by Crippen LogP contribution is -2.41. The molecule has 0 heterocycles. The number of guanidine groups is 1. The highest BCUT2D eigenvalue weighted by atomic mass is 127. The maximum Gasteiger partial charge on any atom is 0.191 e. The number of halogens is 2. The van der Waals surface area contributed by atoms with Crippen LogP contribution in [0.3, 0.4) is 0 Å². The Bertz CT molecular complexity index is 448. The van der Waals surface area contributed by atoms with Crippen LogP contribution >= 0.6 is 24.0 Å². The number of benzene rings is 1. The molecule has 0 spiro atoms. The SMILES string of the molecule is CN=C(NCCC(C)C)NCCN(C)Cc1ccc(F)cc1.I. The fourth-order valence-corrected chi connectivity index (χ4v) is 2.05. The van der Waals surface area contributed by atoms with Crippen molar-refractivity contribution in [1.29, 1.82) is 0 Å². The third kappa shape index (κ3) is 10.5. The summed E-state index contributed by atoms with van der Waals surface area (Å²) in [4.78, 5) is 6.41. The maximum atomic E-state index is 12.9. The second-order valence-electron chi connectivity index (χ2n) is 5.97. The largest absolute Gasteiger partial charge is 0.356 e. The topological polar surface area (TPSA) is 39.7 Å². The fourth-order valence-electron chi connectivity index (χ4n) is 2.05. The summed E-state index contributed by atoms with van der Waals surface area (Å²) in [5.74, 6) is 1.34. The molecule has 0 amide bonds. The van der Waals surface area contributed by atoms with Gasteiger partial charge < -0.3 is 15.5 Å². The summed E-state index contributed by atoms with van der Waals surface area (Å²) >= 11 is 0. The molecule has 1 aromatic carbocycles. The molecule has 0 bridgehead atoms. The molecule has 0 aromatic heterocycles. The van der Waals surface area contributed by atoms with Crippen molar-refractivity contribution in [1.82, 2.24) is 15.5 Å².